The molecule has 0 saturated heterocycles. The number of aliphatic hydroxyl groups is 1. The molecule has 1 aliphatic carbocycles. The van der Waals surface area contributed by atoms with E-state index >= 15 is 0 Å². The van der Waals surface area contributed by atoms with Gasteiger partial charge in [-0.3, -0.25) is 9.59 Å². The molecule has 3 rings (SSSR count). The number of benzene rings is 2. The predicted octanol–water partition coefficient (Wildman–Crippen LogP) is 3.76. The lowest BCUT2D eigenvalue weighted by Gasteiger charge is -2.43. The standard InChI is InChI=1S/C24H27NO3/c1-16(26)21-20(25-15-18-10-6-4-7-11-18)14-24(3,28)23(17(2)27)22(21)19-12-8-5-9-13-19/h4-13,22-23,25,28H,14-15H2,1-3H3. The van der Waals surface area contributed by atoms with Gasteiger partial charge in [-0.1, -0.05) is 60.7 Å². The maximum Gasteiger partial charge on any atom is 0.158 e. The third kappa shape index (κ3) is 4.07. The van der Waals surface area contributed by atoms with Crippen LogP contribution in [-0.4, -0.2) is 22.3 Å². The highest BCUT2D eigenvalue weighted by Gasteiger charge is 2.49. The molecule has 146 valence electrons. The minimum atomic E-state index is -1.25. The number of nitrogens with one attached hydrogen (secondary N) is 1. The highest BCUT2D eigenvalue weighted by atomic mass is 16.3. The Balaban J connectivity index is 2.09. The molecule has 28 heavy (non-hydrogen) atoms. The molecule has 0 fully saturated rings. The van der Waals surface area contributed by atoms with Crippen LogP contribution in [0.25, 0.3) is 0 Å². The van der Waals surface area contributed by atoms with Gasteiger partial charge in [0.1, 0.15) is 5.78 Å². The van der Waals surface area contributed by atoms with Crippen LogP contribution in [0.5, 0.6) is 0 Å². The molecule has 0 amide bonds. The van der Waals surface area contributed by atoms with Crippen molar-refractivity contribution in [1.29, 1.82) is 0 Å². The smallest absolute Gasteiger partial charge is 0.158 e. The van der Waals surface area contributed by atoms with E-state index in [0.717, 1.165) is 11.1 Å². The summed E-state index contributed by atoms with van der Waals surface area (Å²) >= 11 is 0. The quantitative estimate of drug-likeness (QED) is 0.804. The predicted molar refractivity (Wildman–Crippen MR) is 110 cm³/mol. The minimum Gasteiger partial charge on any atom is -0.389 e. The molecule has 3 atom stereocenters. The monoisotopic (exact) mass is 377 g/mol. The van der Waals surface area contributed by atoms with Crippen LogP contribution in [0.3, 0.4) is 0 Å². The highest BCUT2D eigenvalue weighted by molar-refractivity contribution is 5.98. The zero-order valence-electron chi connectivity index (χ0n) is 16.6. The first-order valence-electron chi connectivity index (χ1n) is 9.61. The second-order valence-corrected chi connectivity index (χ2v) is 7.80. The van der Waals surface area contributed by atoms with Crippen molar-refractivity contribution >= 4 is 11.6 Å². The van der Waals surface area contributed by atoms with Crippen molar-refractivity contribution in [2.75, 3.05) is 0 Å². The lowest BCUT2D eigenvalue weighted by molar-refractivity contribution is -0.131. The molecule has 1 aliphatic rings. The summed E-state index contributed by atoms with van der Waals surface area (Å²) in [5.41, 5.74) is 2.01. The molecule has 2 N–H and O–H groups in total. The van der Waals surface area contributed by atoms with E-state index in [1.807, 2.05) is 60.7 Å². The summed E-state index contributed by atoms with van der Waals surface area (Å²) in [5, 5.41) is 14.6. The van der Waals surface area contributed by atoms with Crippen molar-refractivity contribution in [2.45, 2.75) is 45.3 Å². The number of ketones is 2. The summed E-state index contributed by atoms with van der Waals surface area (Å²) in [6.45, 7) is 5.27. The van der Waals surface area contributed by atoms with Gasteiger partial charge in [-0.25, -0.2) is 0 Å². The van der Waals surface area contributed by atoms with Gasteiger partial charge in [0.05, 0.1) is 11.5 Å². The van der Waals surface area contributed by atoms with Gasteiger partial charge in [-0.05, 0) is 31.9 Å². The van der Waals surface area contributed by atoms with Crippen molar-refractivity contribution < 1.29 is 14.7 Å². The second kappa shape index (κ2) is 8.11. The van der Waals surface area contributed by atoms with E-state index in [2.05, 4.69) is 5.32 Å². The summed E-state index contributed by atoms with van der Waals surface area (Å²) in [6, 6.07) is 19.4. The number of allylic oxidation sites excluding steroid dienone is 1. The largest absolute Gasteiger partial charge is 0.389 e. The van der Waals surface area contributed by atoms with E-state index in [1.54, 1.807) is 6.92 Å². The zero-order valence-corrected chi connectivity index (χ0v) is 16.6. The van der Waals surface area contributed by atoms with Crippen LogP contribution in [0.15, 0.2) is 71.9 Å². The summed E-state index contributed by atoms with van der Waals surface area (Å²) in [6.07, 6.45) is 0.238. The first-order valence-corrected chi connectivity index (χ1v) is 9.61. The molecular weight excluding hydrogens is 350 g/mol. The molecule has 0 heterocycles. The van der Waals surface area contributed by atoms with E-state index in [0.29, 0.717) is 17.8 Å². The third-order valence-corrected chi connectivity index (χ3v) is 5.50. The van der Waals surface area contributed by atoms with Crippen LogP contribution in [-0.2, 0) is 16.1 Å². The molecule has 3 unspecified atom stereocenters. The van der Waals surface area contributed by atoms with E-state index in [9.17, 15) is 14.7 Å². The number of carbonyl (C=O) groups excluding carboxylic acids is 2. The summed E-state index contributed by atoms with van der Waals surface area (Å²) < 4.78 is 0. The van der Waals surface area contributed by atoms with Crippen LogP contribution in [0.4, 0.5) is 0 Å². The van der Waals surface area contributed by atoms with Crippen molar-refractivity contribution in [2.24, 2.45) is 5.92 Å². The Labute approximate surface area is 166 Å². The summed E-state index contributed by atoms with van der Waals surface area (Å²) in [4.78, 5) is 25.2. The van der Waals surface area contributed by atoms with Crippen molar-refractivity contribution in [3.8, 4) is 0 Å². The SMILES string of the molecule is CC(=O)C1=C(NCc2ccccc2)CC(C)(O)C(C(C)=O)C1c1ccccc1. The topological polar surface area (TPSA) is 66.4 Å². The van der Waals surface area contributed by atoms with Gasteiger partial charge in [-0.2, -0.15) is 0 Å². The molecule has 0 spiro atoms. The minimum absolute atomic E-state index is 0.0776. The van der Waals surface area contributed by atoms with Gasteiger partial charge in [0.2, 0.25) is 0 Å². The Bertz CT molecular complexity index is 885. The van der Waals surface area contributed by atoms with E-state index < -0.39 is 17.4 Å². The Morgan fingerprint density at radius 3 is 2.14 bits per heavy atom. The molecule has 0 aromatic heterocycles. The number of Topliss-reactive ketones (excluding diaryl/α,β-unsaturated/α-hetero) is 2. The molecule has 2 aromatic rings. The molecule has 0 bridgehead atoms. The maximum atomic E-state index is 12.7. The Morgan fingerprint density at radius 1 is 1.04 bits per heavy atom. The van der Waals surface area contributed by atoms with Crippen LogP contribution < -0.4 is 5.32 Å². The molecule has 2 aromatic carbocycles. The van der Waals surface area contributed by atoms with Crippen molar-refractivity contribution in [3.05, 3.63) is 83.1 Å². The van der Waals surface area contributed by atoms with Crippen LogP contribution in [0.1, 0.15) is 44.2 Å². The van der Waals surface area contributed by atoms with Gasteiger partial charge < -0.3 is 10.4 Å². The van der Waals surface area contributed by atoms with E-state index in [1.165, 1.54) is 13.8 Å². The Morgan fingerprint density at radius 2 is 1.61 bits per heavy atom. The molecule has 0 saturated carbocycles. The van der Waals surface area contributed by atoms with Crippen LogP contribution >= 0.6 is 0 Å². The van der Waals surface area contributed by atoms with Crippen molar-refractivity contribution in [1.82, 2.24) is 5.32 Å². The normalized spacial score (nSPS) is 24.7. The fourth-order valence-corrected chi connectivity index (χ4v) is 4.36. The lowest BCUT2D eigenvalue weighted by Crippen LogP contribution is -2.49. The summed E-state index contributed by atoms with van der Waals surface area (Å²) in [5.74, 6) is -1.33. The molecule has 0 radical (unpaired) electrons. The maximum absolute atomic E-state index is 12.7. The molecular formula is C24H27NO3. The molecule has 4 nitrogen and oxygen atoms in total. The highest BCUT2D eigenvalue weighted by Crippen LogP contribution is 2.47. The molecule has 0 aliphatic heterocycles. The van der Waals surface area contributed by atoms with Gasteiger partial charge in [0.15, 0.2) is 5.78 Å². The zero-order chi connectivity index (χ0) is 20.3. The number of rotatable bonds is 6. The first-order chi connectivity index (χ1) is 13.3. The average Bonchev–Trinajstić information content (AvgIpc) is 2.66. The van der Waals surface area contributed by atoms with Gasteiger partial charge in [0, 0.05) is 30.2 Å². The average molecular weight is 377 g/mol. The van der Waals surface area contributed by atoms with Gasteiger partial charge in [0.25, 0.3) is 0 Å². The van der Waals surface area contributed by atoms with E-state index in [4.69, 9.17) is 0 Å². The third-order valence-electron chi connectivity index (χ3n) is 5.50. The van der Waals surface area contributed by atoms with Gasteiger partial charge >= 0.3 is 0 Å². The van der Waals surface area contributed by atoms with E-state index in [-0.39, 0.29) is 18.0 Å². The Hall–Kier alpha value is -2.72. The fraction of sp³-hybridized carbons (Fsp3) is 0.333. The lowest BCUT2D eigenvalue weighted by atomic mass is 9.64. The first kappa shape index (κ1) is 20.0. The number of hydrogen-bond acceptors (Lipinski definition) is 4. The van der Waals surface area contributed by atoms with Crippen LogP contribution in [0, 0.1) is 5.92 Å². The van der Waals surface area contributed by atoms with Gasteiger partial charge in [-0.15, -0.1) is 0 Å². The number of hydrogen-bond donors (Lipinski definition) is 2. The second-order valence-electron chi connectivity index (χ2n) is 7.80. The molecule has 4 heteroatoms. The Kier molecular flexibility index (Phi) is 5.80. The summed E-state index contributed by atoms with van der Waals surface area (Å²) in [7, 11) is 0. The van der Waals surface area contributed by atoms with Crippen molar-refractivity contribution in [3.63, 3.8) is 0 Å². The fourth-order valence-electron chi connectivity index (χ4n) is 4.36. The number of carbonyl (C=O) groups is 2. The van der Waals surface area contributed by atoms with Crippen LogP contribution in [0.2, 0.25) is 0 Å².